The van der Waals surface area contributed by atoms with E-state index < -0.39 is 5.91 Å². The monoisotopic (exact) mass is 209 g/mol. The number of hydrogen-bond donors (Lipinski definition) is 2. The first kappa shape index (κ1) is 11.5. The minimum absolute atomic E-state index is 0.140. The van der Waals surface area contributed by atoms with Crippen LogP contribution in [0.3, 0.4) is 0 Å². The van der Waals surface area contributed by atoms with E-state index in [0.29, 0.717) is 12.1 Å². The van der Waals surface area contributed by atoms with Gasteiger partial charge in [-0.1, -0.05) is 6.07 Å². The molecule has 1 aromatic heterocycles. The topological polar surface area (TPSA) is 91.1 Å². The fraction of sp³-hybridized carbons (Fsp3) is 0.400. The van der Waals surface area contributed by atoms with Gasteiger partial charge in [-0.2, -0.15) is 0 Å². The number of carbonyl (C=O) groups is 1. The Bertz CT molecular complexity index is 423. The largest absolute Gasteiger partial charge is 0.370 e. The van der Waals surface area contributed by atoms with Crippen molar-refractivity contribution < 1.29 is 4.79 Å². The van der Waals surface area contributed by atoms with Crippen LogP contribution in [0.4, 0.5) is 0 Å². The molecule has 82 valence electrons. The van der Waals surface area contributed by atoms with E-state index in [4.69, 9.17) is 11.5 Å². The number of primary amides is 1. The predicted octanol–water partition coefficient (Wildman–Crippen LogP) is -0.509. The van der Waals surface area contributed by atoms with Crippen LogP contribution in [0.15, 0.2) is 16.9 Å². The molecular weight excluding hydrogens is 194 g/mol. The van der Waals surface area contributed by atoms with Gasteiger partial charge >= 0.3 is 0 Å². The fourth-order valence-corrected chi connectivity index (χ4v) is 1.37. The summed E-state index contributed by atoms with van der Waals surface area (Å²) in [6, 6.07) is 3.52. The number of amides is 1. The number of rotatable bonds is 4. The van der Waals surface area contributed by atoms with E-state index in [1.807, 2.05) is 13.0 Å². The summed E-state index contributed by atoms with van der Waals surface area (Å²) in [5.74, 6) is -0.417. The van der Waals surface area contributed by atoms with Crippen molar-refractivity contribution in [1.82, 2.24) is 4.57 Å². The van der Waals surface area contributed by atoms with Gasteiger partial charge in [0, 0.05) is 30.8 Å². The molecule has 1 rings (SSSR count). The van der Waals surface area contributed by atoms with E-state index in [-0.39, 0.29) is 18.5 Å². The summed E-state index contributed by atoms with van der Waals surface area (Å²) >= 11 is 0. The Labute approximate surface area is 87.7 Å². The molecule has 1 aromatic rings. The van der Waals surface area contributed by atoms with Gasteiger partial charge in [-0.25, -0.2) is 0 Å². The van der Waals surface area contributed by atoms with Crippen molar-refractivity contribution in [2.45, 2.75) is 26.4 Å². The molecule has 1 amide bonds. The number of hydrogen-bond acceptors (Lipinski definition) is 3. The normalized spacial score (nSPS) is 10.3. The maximum atomic E-state index is 11.8. The van der Waals surface area contributed by atoms with Gasteiger partial charge in [-0.15, -0.1) is 0 Å². The zero-order chi connectivity index (χ0) is 11.4. The van der Waals surface area contributed by atoms with Crippen molar-refractivity contribution in [2.24, 2.45) is 11.5 Å². The number of aromatic nitrogens is 1. The van der Waals surface area contributed by atoms with Crippen LogP contribution in [0.5, 0.6) is 0 Å². The van der Waals surface area contributed by atoms with E-state index in [1.165, 1.54) is 4.57 Å². The Morgan fingerprint density at radius 2 is 2.13 bits per heavy atom. The summed E-state index contributed by atoms with van der Waals surface area (Å²) in [7, 11) is 0. The summed E-state index contributed by atoms with van der Waals surface area (Å²) in [6.07, 6.45) is 0.161. The predicted molar refractivity (Wildman–Crippen MR) is 57.1 cm³/mol. The Balaban J connectivity index is 3.04. The molecule has 4 N–H and O–H groups in total. The van der Waals surface area contributed by atoms with Gasteiger partial charge in [0.2, 0.25) is 5.91 Å². The van der Waals surface area contributed by atoms with Gasteiger partial charge in [0.25, 0.3) is 5.56 Å². The third-order valence-corrected chi connectivity index (χ3v) is 2.27. The Morgan fingerprint density at radius 3 is 2.67 bits per heavy atom. The smallest absolute Gasteiger partial charge is 0.255 e. The van der Waals surface area contributed by atoms with E-state index >= 15 is 0 Å². The summed E-state index contributed by atoms with van der Waals surface area (Å²) in [4.78, 5) is 22.4. The van der Waals surface area contributed by atoms with Crippen molar-refractivity contribution in [3.63, 3.8) is 0 Å². The number of carbonyl (C=O) groups excluding carboxylic acids is 1. The molecule has 0 saturated heterocycles. The molecule has 0 aliphatic carbocycles. The van der Waals surface area contributed by atoms with Crippen molar-refractivity contribution >= 4 is 5.91 Å². The first-order chi connectivity index (χ1) is 7.06. The highest BCUT2D eigenvalue weighted by Gasteiger charge is 2.05. The molecule has 0 aliphatic heterocycles. The van der Waals surface area contributed by atoms with E-state index in [2.05, 4.69) is 0 Å². The summed E-state index contributed by atoms with van der Waals surface area (Å²) < 4.78 is 1.52. The summed E-state index contributed by atoms with van der Waals surface area (Å²) in [5.41, 5.74) is 11.7. The third-order valence-electron chi connectivity index (χ3n) is 2.27. The van der Waals surface area contributed by atoms with E-state index in [1.54, 1.807) is 6.07 Å². The minimum atomic E-state index is -0.417. The molecule has 0 fully saturated rings. The lowest BCUT2D eigenvalue weighted by Gasteiger charge is -2.09. The maximum Gasteiger partial charge on any atom is 0.255 e. The van der Waals surface area contributed by atoms with E-state index in [0.717, 1.165) is 5.69 Å². The average Bonchev–Trinajstić information content (AvgIpc) is 2.17. The average molecular weight is 209 g/mol. The molecule has 0 bridgehead atoms. The Kier molecular flexibility index (Phi) is 3.62. The lowest BCUT2D eigenvalue weighted by molar-refractivity contribution is -0.118. The zero-order valence-electron chi connectivity index (χ0n) is 8.69. The Hall–Kier alpha value is -1.62. The number of aryl methyl sites for hydroxylation is 1. The molecule has 5 nitrogen and oxygen atoms in total. The highest BCUT2D eigenvalue weighted by Crippen LogP contribution is 1.99. The highest BCUT2D eigenvalue weighted by molar-refractivity contribution is 5.73. The number of pyridine rings is 1. The van der Waals surface area contributed by atoms with Crippen LogP contribution in [0, 0.1) is 6.92 Å². The molecule has 0 saturated carbocycles. The second-order valence-corrected chi connectivity index (χ2v) is 3.38. The maximum absolute atomic E-state index is 11.8. The zero-order valence-corrected chi connectivity index (χ0v) is 8.69. The third kappa shape index (κ3) is 2.66. The number of nitrogens with zero attached hydrogens (tertiary/aromatic N) is 1. The molecule has 0 aliphatic rings. The molecular formula is C10H15N3O2. The standard InChI is InChI=1S/C10H15N3O2/c1-7-2-3-8(6-11)10(15)13(7)5-4-9(12)14/h2-3H,4-6,11H2,1H3,(H2,12,14). The fourth-order valence-electron chi connectivity index (χ4n) is 1.37. The minimum Gasteiger partial charge on any atom is -0.370 e. The van der Waals surface area contributed by atoms with Gasteiger partial charge in [0.05, 0.1) is 0 Å². The first-order valence-electron chi connectivity index (χ1n) is 4.74. The van der Waals surface area contributed by atoms with Gasteiger partial charge in [-0.05, 0) is 13.0 Å². The van der Waals surface area contributed by atoms with Crippen molar-refractivity contribution in [2.75, 3.05) is 0 Å². The molecule has 1 heterocycles. The van der Waals surface area contributed by atoms with Crippen LogP contribution in [-0.4, -0.2) is 10.5 Å². The molecule has 5 heteroatoms. The lowest BCUT2D eigenvalue weighted by Crippen LogP contribution is -2.28. The summed E-state index contributed by atoms with van der Waals surface area (Å²) in [6.45, 7) is 2.33. The van der Waals surface area contributed by atoms with Crippen molar-refractivity contribution in [1.29, 1.82) is 0 Å². The van der Waals surface area contributed by atoms with Crippen LogP contribution in [0.25, 0.3) is 0 Å². The van der Waals surface area contributed by atoms with Crippen LogP contribution in [-0.2, 0) is 17.9 Å². The van der Waals surface area contributed by atoms with Crippen LogP contribution in [0.2, 0.25) is 0 Å². The van der Waals surface area contributed by atoms with E-state index in [9.17, 15) is 9.59 Å². The first-order valence-corrected chi connectivity index (χ1v) is 4.74. The van der Waals surface area contributed by atoms with Crippen LogP contribution >= 0.6 is 0 Å². The van der Waals surface area contributed by atoms with Crippen molar-refractivity contribution in [3.8, 4) is 0 Å². The molecule has 0 unspecified atom stereocenters. The van der Waals surface area contributed by atoms with Gasteiger partial charge in [0.1, 0.15) is 0 Å². The molecule has 0 aromatic carbocycles. The van der Waals surface area contributed by atoms with Gasteiger partial charge in [-0.3, -0.25) is 9.59 Å². The molecule has 0 atom stereocenters. The van der Waals surface area contributed by atoms with Crippen molar-refractivity contribution in [3.05, 3.63) is 33.7 Å². The van der Waals surface area contributed by atoms with Crippen LogP contribution < -0.4 is 17.0 Å². The van der Waals surface area contributed by atoms with Gasteiger partial charge in [0.15, 0.2) is 0 Å². The lowest BCUT2D eigenvalue weighted by atomic mass is 10.2. The molecule has 0 radical (unpaired) electrons. The Morgan fingerprint density at radius 1 is 1.47 bits per heavy atom. The SMILES string of the molecule is Cc1ccc(CN)c(=O)n1CCC(N)=O. The second-order valence-electron chi connectivity index (χ2n) is 3.38. The summed E-state index contributed by atoms with van der Waals surface area (Å²) in [5, 5.41) is 0. The van der Waals surface area contributed by atoms with Crippen LogP contribution in [0.1, 0.15) is 17.7 Å². The molecule has 15 heavy (non-hydrogen) atoms. The quantitative estimate of drug-likeness (QED) is 0.699. The highest BCUT2D eigenvalue weighted by atomic mass is 16.1. The second kappa shape index (κ2) is 4.75. The molecule has 0 spiro atoms. The number of nitrogens with two attached hydrogens (primary N) is 2. The van der Waals surface area contributed by atoms with Gasteiger partial charge < -0.3 is 16.0 Å².